The van der Waals surface area contributed by atoms with E-state index in [2.05, 4.69) is 0 Å². The van der Waals surface area contributed by atoms with E-state index in [1.54, 1.807) is 12.1 Å². The van der Waals surface area contributed by atoms with Crippen LogP contribution in [-0.4, -0.2) is 48.6 Å². The lowest BCUT2D eigenvalue weighted by atomic mass is 10.1. The molecule has 19 heavy (non-hydrogen) atoms. The van der Waals surface area contributed by atoms with Crippen molar-refractivity contribution in [3.8, 4) is 0 Å². The van der Waals surface area contributed by atoms with Crippen LogP contribution in [0.25, 0.3) is 0 Å². The molecule has 1 aromatic rings. The molecule has 0 spiro atoms. The maximum atomic E-state index is 12.0. The van der Waals surface area contributed by atoms with Gasteiger partial charge in [-0.3, -0.25) is 9.59 Å². The largest absolute Gasteiger partial charge is 0.480 e. The molecule has 0 aromatic heterocycles. The number of carboxylic acids is 1. The lowest BCUT2D eigenvalue weighted by Crippen LogP contribution is -2.43. The van der Waals surface area contributed by atoms with Gasteiger partial charge < -0.3 is 15.7 Å². The van der Waals surface area contributed by atoms with Crippen molar-refractivity contribution in [3.05, 3.63) is 29.8 Å². The third-order valence-corrected chi connectivity index (χ3v) is 2.44. The van der Waals surface area contributed by atoms with Crippen LogP contribution in [0.2, 0.25) is 0 Å². The van der Waals surface area contributed by atoms with Gasteiger partial charge in [-0.15, -0.1) is 0 Å². The van der Waals surface area contributed by atoms with Crippen molar-refractivity contribution in [1.29, 1.82) is 0 Å². The molecule has 0 fully saturated rings. The summed E-state index contributed by atoms with van der Waals surface area (Å²) in [6.45, 7) is -0.760. The Balaban J connectivity index is 2.96. The van der Waals surface area contributed by atoms with Crippen LogP contribution in [0.3, 0.4) is 0 Å². The first kappa shape index (κ1) is 14.5. The van der Waals surface area contributed by atoms with Gasteiger partial charge in [0.25, 0.3) is 5.91 Å². The average molecular weight is 265 g/mol. The van der Waals surface area contributed by atoms with E-state index in [4.69, 9.17) is 10.8 Å². The summed E-state index contributed by atoms with van der Waals surface area (Å²) >= 11 is 0. The fraction of sp³-hybridized carbons (Fsp3) is 0.250. The van der Waals surface area contributed by atoms with Gasteiger partial charge in [-0.05, 0) is 24.3 Å². The predicted octanol–water partition coefficient (Wildman–Crippen LogP) is 0.358. The molecular formula is C12H15N3O4. The summed E-state index contributed by atoms with van der Waals surface area (Å²) < 4.78 is 0. The Morgan fingerprint density at radius 1 is 1.16 bits per heavy atom. The van der Waals surface area contributed by atoms with Crippen molar-refractivity contribution in [3.63, 3.8) is 0 Å². The third kappa shape index (κ3) is 3.70. The fourth-order valence-electron chi connectivity index (χ4n) is 1.44. The number of urea groups is 1. The standard InChI is InChI=1S/C12H15N3O4/c1-14(2)9-5-3-8(4-6-9)11(18)15(12(13)19)7-10(16)17/h3-6H,7H2,1-2H3,(H2,13,19)(H,16,17). The summed E-state index contributed by atoms with van der Waals surface area (Å²) in [7, 11) is 3.69. The topological polar surface area (TPSA) is 104 Å². The lowest BCUT2D eigenvalue weighted by Gasteiger charge is -2.17. The molecule has 0 radical (unpaired) electrons. The van der Waals surface area contributed by atoms with Crippen LogP contribution in [0.4, 0.5) is 10.5 Å². The second-order valence-corrected chi connectivity index (χ2v) is 4.06. The van der Waals surface area contributed by atoms with Gasteiger partial charge in [-0.2, -0.15) is 0 Å². The van der Waals surface area contributed by atoms with Crippen LogP contribution in [0.5, 0.6) is 0 Å². The molecule has 0 saturated carbocycles. The van der Waals surface area contributed by atoms with Crippen LogP contribution in [0.1, 0.15) is 10.4 Å². The minimum Gasteiger partial charge on any atom is -0.480 e. The number of nitrogens with two attached hydrogens (primary N) is 1. The predicted molar refractivity (Wildman–Crippen MR) is 69.0 cm³/mol. The number of carboxylic acid groups (broad SMARTS) is 1. The average Bonchev–Trinajstić information content (AvgIpc) is 2.34. The minimum absolute atomic E-state index is 0.200. The smallest absolute Gasteiger partial charge is 0.323 e. The normalized spacial score (nSPS) is 9.79. The van der Waals surface area contributed by atoms with Crippen molar-refractivity contribution in [1.82, 2.24) is 4.90 Å². The van der Waals surface area contributed by atoms with Gasteiger partial charge in [-0.1, -0.05) is 0 Å². The van der Waals surface area contributed by atoms with Crippen LogP contribution in [0, 0.1) is 0 Å². The van der Waals surface area contributed by atoms with E-state index in [0.29, 0.717) is 4.90 Å². The van der Waals surface area contributed by atoms with Gasteiger partial charge in [0.2, 0.25) is 0 Å². The number of benzene rings is 1. The van der Waals surface area contributed by atoms with Gasteiger partial charge in [0.05, 0.1) is 0 Å². The Morgan fingerprint density at radius 3 is 2.05 bits per heavy atom. The summed E-state index contributed by atoms with van der Waals surface area (Å²) in [6, 6.07) is 5.30. The summed E-state index contributed by atoms with van der Waals surface area (Å²) in [5, 5.41) is 8.64. The van der Waals surface area contributed by atoms with E-state index in [9.17, 15) is 14.4 Å². The number of amides is 3. The molecule has 0 aliphatic carbocycles. The fourth-order valence-corrected chi connectivity index (χ4v) is 1.44. The second kappa shape index (κ2) is 5.85. The number of hydrogen-bond donors (Lipinski definition) is 2. The van der Waals surface area contributed by atoms with Gasteiger partial charge in [0.1, 0.15) is 6.54 Å². The SMILES string of the molecule is CN(C)c1ccc(C(=O)N(CC(=O)O)C(N)=O)cc1. The molecule has 0 saturated heterocycles. The molecule has 1 aromatic carbocycles. The van der Waals surface area contributed by atoms with E-state index in [1.807, 2.05) is 19.0 Å². The molecule has 102 valence electrons. The quantitative estimate of drug-likeness (QED) is 0.817. The first-order chi connectivity index (χ1) is 8.82. The molecule has 3 amide bonds. The molecule has 7 heteroatoms. The maximum Gasteiger partial charge on any atom is 0.323 e. The molecular weight excluding hydrogens is 250 g/mol. The molecule has 0 atom stereocenters. The zero-order chi connectivity index (χ0) is 14.6. The number of primary amides is 1. The van der Waals surface area contributed by atoms with Crippen LogP contribution >= 0.6 is 0 Å². The van der Waals surface area contributed by atoms with Gasteiger partial charge in [0.15, 0.2) is 0 Å². The van der Waals surface area contributed by atoms with Crippen LogP contribution in [-0.2, 0) is 4.79 Å². The molecule has 0 bridgehead atoms. The molecule has 1 rings (SSSR count). The van der Waals surface area contributed by atoms with Crippen molar-refractivity contribution in [2.24, 2.45) is 5.73 Å². The van der Waals surface area contributed by atoms with Crippen LogP contribution in [0.15, 0.2) is 24.3 Å². The van der Waals surface area contributed by atoms with E-state index in [-0.39, 0.29) is 5.56 Å². The first-order valence-electron chi connectivity index (χ1n) is 5.43. The number of carbonyl (C=O) groups is 3. The van der Waals surface area contributed by atoms with Crippen molar-refractivity contribution < 1.29 is 19.5 Å². The number of nitrogens with zero attached hydrogens (tertiary/aromatic N) is 2. The van der Waals surface area contributed by atoms with Crippen molar-refractivity contribution >= 4 is 23.6 Å². The van der Waals surface area contributed by atoms with Gasteiger partial charge in [0, 0.05) is 25.3 Å². The minimum atomic E-state index is -1.31. The van der Waals surface area contributed by atoms with Gasteiger partial charge in [-0.25, -0.2) is 9.69 Å². The highest BCUT2D eigenvalue weighted by Crippen LogP contribution is 2.13. The summed E-state index contributed by atoms with van der Waals surface area (Å²) in [4.78, 5) is 35.9. The van der Waals surface area contributed by atoms with Crippen molar-refractivity contribution in [2.75, 3.05) is 25.5 Å². The number of rotatable bonds is 4. The maximum absolute atomic E-state index is 12.0. The Morgan fingerprint density at radius 2 is 1.68 bits per heavy atom. The third-order valence-electron chi connectivity index (χ3n) is 2.44. The highest BCUT2D eigenvalue weighted by molar-refractivity contribution is 6.05. The second-order valence-electron chi connectivity index (χ2n) is 4.06. The number of imide groups is 1. The number of anilines is 1. The Kier molecular flexibility index (Phi) is 4.46. The Hall–Kier alpha value is -2.57. The highest BCUT2D eigenvalue weighted by atomic mass is 16.4. The first-order valence-corrected chi connectivity index (χ1v) is 5.43. The summed E-state index contributed by atoms with van der Waals surface area (Å²) in [5.41, 5.74) is 6.07. The molecule has 3 N–H and O–H groups in total. The van der Waals surface area contributed by atoms with E-state index in [0.717, 1.165) is 5.69 Å². The number of hydrogen-bond acceptors (Lipinski definition) is 4. The van der Waals surface area contributed by atoms with E-state index >= 15 is 0 Å². The zero-order valence-electron chi connectivity index (χ0n) is 10.7. The zero-order valence-corrected chi connectivity index (χ0v) is 10.7. The number of carbonyl (C=O) groups excluding carboxylic acids is 2. The summed E-state index contributed by atoms with van der Waals surface area (Å²) in [6.07, 6.45) is 0. The molecule has 0 aliphatic rings. The van der Waals surface area contributed by atoms with E-state index in [1.165, 1.54) is 12.1 Å². The highest BCUT2D eigenvalue weighted by Gasteiger charge is 2.23. The molecule has 0 heterocycles. The van der Waals surface area contributed by atoms with Gasteiger partial charge >= 0.3 is 12.0 Å². The lowest BCUT2D eigenvalue weighted by molar-refractivity contribution is -0.137. The van der Waals surface area contributed by atoms with Crippen molar-refractivity contribution in [2.45, 2.75) is 0 Å². The Bertz CT molecular complexity index is 496. The molecule has 0 aliphatic heterocycles. The van der Waals surface area contributed by atoms with E-state index < -0.39 is 24.5 Å². The van der Waals surface area contributed by atoms with Crippen LogP contribution < -0.4 is 10.6 Å². The number of aliphatic carboxylic acids is 1. The Labute approximate surface area is 110 Å². The molecule has 0 unspecified atom stereocenters. The monoisotopic (exact) mass is 265 g/mol. The summed E-state index contributed by atoms with van der Waals surface area (Å²) in [5.74, 6) is -2.04. The molecule has 7 nitrogen and oxygen atoms in total.